The Morgan fingerprint density at radius 1 is 1.44 bits per heavy atom. The molecule has 0 bridgehead atoms. The van der Waals surface area contributed by atoms with Crippen LogP contribution in [0, 0.1) is 0 Å². The highest BCUT2D eigenvalue weighted by atomic mass is 35.5. The molecule has 56 valence electrons. The second-order valence-electron chi connectivity index (χ2n) is 1.71. The summed E-state index contributed by atoms with van der Waals surface area (Å²) in [6, 6.07) is 0. The van der Waals surface area contributed by atoms with Crippen molar-refractivity contribution in [1.82, 2.24) is 5.32 Å². The summed E-state index contributed by atoms with van der Waals surface area (Å²) in [5.41, 5.74) is 0. The number of hydrogen-bond acceptors (Lipinski definition) is 1. The second-order valence-corrected chi connectivity index (χ2v) is 1.71. The van der Waals surface area contributed by atoms with E-state index in [0.717, 1.165) is 19.5 Å². The summed E-state index contributed by atoms with van der Waals surface area (Å²) < 4.78 is 0. The third-order valence-corrected chi connectivity index (χ3v) is 0.973. The van der Waals surface area contributed by atoms with E-state index in [9.17, 15) is 0 Å². The maximum absolute atomic E-state index is 3.23. The first-order valence-electron chi connectivity index (χ1n) is 3.23. The Morgan fingerprint density at radius 3 is 2.56 bits per heavy atom. The molecule has 1 nitrogen and oxygen atoms in total. The fourth-order valence-electron chi connectivity index (χ4n) is 0.529. The normalized spacial score (nSPS) is 9.56. The average Bonchev–Trinajstić information content (AvgIpc) is 1.81. The molecule has 0 unspecified atom stereocenters. The summed E-state index contributed by atoms with van der Waals surface area (Å²) in [7, 11) is 0. The van der Waals surface area contributed by atoms with Crippen LogP contribution in [0.2, 0.25) is 0 Å². The third kappa shape index (κ3) is 11.5. The van der Waals surface area contributed by atoms with Crippen LogP contribution in [0.3, 0.4) is 0 Å². The standard InChI is InChI=1S/C7H15N.ClH/c1-3-5-6-7-8-4-2;/h3,5,8H,4,6-7H2,1-2H3;1H. The van der Waals surface area contributed by atoms with Gasteiger partial charge in [-0.15, -0.1) is 12.4 Å². The van der Waals surface area contributed by atoms with Gasteiger partial charge in [0.25, 0.3) is 0 Å². The number of nitrogens with one attached hydrogen (secondary N) is 1. The Morgan fingerprint density at radius 2 is 2.11 bits per heavy atom. The molecule has 0 aromatic rings. The Hall–Kier alpha value is -0.0100. The molecule has 0 atom stereocenters. The van der Waals surface area contributed by atoms with Gasteiger partial charge in [0.05, 0.1) is 0 Å². The first kappa shape index (κ1) is 11.7. The molecule has 0 fully saturated rings. The second kappa shape index (κ2) is 10.9. The molecular formula is C7H16ClN. The molecule has 0 saturated heterocycles. The molecule has 0 rings (SSSR count). The highest BCUT2D eigenvalue weighted by Gasteiger charge is 1.75. The van der Waals surface area contributed by atoms with Crippen molar-refractivity contribution in [3.63, 3.8) is 0 Å². The van der Waals surface area contributed by atoms with Crippen LogP contribution in [0.5, 0.6) is 0 Å². The molecule has 0 heterocycles. The molecule has 2 heteroatoms. The summed E-state index contributed by atoms with van der Waals surface area (Å²) in [6.07, 6.45) is 5.41. The summed E-state index contributed by atoms with van der Waals surface area (Å²) >= 11 is 0. The third-order valence-electron chi connectivity index (χ3n) is 0.973. The van der Waals surface area contributed by atoms with Crippen LogP contribution >= 0.6 is 12.4 Å². The number of allylic oxidation sites excluding steroid dienone is 1. The van der Waals surface area contributed by atoms with E-state index in [2.05, 4.69) is 24.4 Å². The van der Waals surface area contributed by atoms with Gasteiger partial charge in [-0.2, -0.15) is 0 Å². The fourth-order valence-corrected chi connectivity index (χ4v) is 0.529. The predicted molar refractivity (Wildman–Crippen MR) is 45.2 cm³/mol. The molecule has 9 heavy (non-hydrogen) atoms. The first-order valence-corrected chi connectivity index (χ1v) is 3.23. The molecule has 0 aromatic carbocycles. The van der Waals surface area contributed by atoms with E-state index in [0.29, 0.717) is 0 Å². The number of hydrogen-bond donors (Lipinski definition) is 1. The predicted octanol–water partition coefficient (Wildman–Crippen LogP) is 1.98. The molecule has 0 aliphatic rings. The molecule has 0 aliphatic carbocycles. The van der Waals surface area contributed by atoms with E-state index < -0.39 is 0 Å². The molecule has 0 aromatic heterocycles. The van der Waals surface area contributed by atoms with Crippen molar-refractivity contribution >= 4 is 12.4 Å². The molecule has 1 N–H and O–H groups in total. The summed E-state index contributed by atoms with van der Waals surface area (Å²) in [6.45, 7) is 6.36. The summed E-state index contributed by atoms with van der Waals surface area (Å²) in [5, 5.41) is 3.23. The van der Waals surface area contributed by atoms with E-state index in [4.69, 9.17) is 0 Å². The summed E-state index contributed by atoms with van der Waals surface area (Å²) in [4.78, 5) is 0. The Bertz CT molecular complexity index is 61.9. The van der Waals surface area contributed by atoms with E-state index >= 15 is 0 Å². The van der Waals surface area contributed by atoms with Gasteiger partial charge < -0.3 is 5.32 Å². The zero-order valence-corrected chi connectivity index (χ0v) is 7.00. The topological polar surface area (TPSA) is 12.0 Å². The van der Waals surface area contributed by atoms with Crippen LogP contribution in [0.25, 0.3) is 0 Å². The van der Waals surface area contributed by atoms with E-state index in [1.165, 1.54) is 0 Å². The molecule has 0 spiro atoms. The molecular weight excluding hydrogens is 134 g/mol. The van der Waals surface area contributed by atoms with Crippen molar-refractivity contribution in [3.8, 4) is 0 Å². The van der Waals surface area contributed by atoms with Gasteiger partial charge in [-0.25, -0.2) is 0 Å². The smallest absolute Gasteiger partial charge is 0.00144 e. The highest BCUT2D eigenvalue weighted by molar-refractivity contribution is 5.85. The van der Waals surface area contributed by atoms with Gasteiger partial charge in [-0.3, -0.25) is 0 Å². The van der Waals surface area contributed by atoms with Gasteiger partial charge >= 0.3 is 0 Å². The van der Waals surface area contributed by atoms with E-state index in [1.807, 2.05) is 6.92 Å². The van der Waals surface area contributed by atoms with Gasteiger partial charge in [0, 0.05) is 0 Å². The van der Waals surface area contributed by atoms with Crippen molar-refractivity contribution in [3.05, 3.63) is 12.2 Å². The quantitative estimate of drug-likeness (QED) is 0.476. The van der Waals surface area contributed by atoms with Crippen LogP contribution < -0.4 is 5.32 Å². The lowest BCUT2D eigenvalue weighted by molar-refractivity contribution is 0.726. The number of rotatable bonds is 4. The van der Waals surface area contributed by atoms with Crippen molar-refractivity contribution in [2.75, 3.05) is 13.1 Å². The maximum atomic E-state index is 3.23. The van der Waals surface area contributed by atoms with E-state index in [1.54, 1.807) is 0 Å². The van der Waals surface area contributed by atoms with Gasteiger partial charge in [-0.05, 0) is 26.4 Å². The zero-order chi connectivity index (χ0) is 6.24. The maximum Gasteiger partial charge on any atom is -0.00144 e. The largest absolute Gasteiger partial charge is 0.317 e. The Balaban J connectivity index is 0. The molecule has 0 amide bonds. The molecule has 0 radical (unpaired) electrons. The van der Waals surface area contributed by atoms with E-state index in [-0.39, 0.29) is 12.4 Å². The lowest BCUT2D eigenvalue weighted by Crippen LogP contribution is -2.12. The van der Waals surface area contributed by atoms with Crippen molar-refractivity contribution in [2.24, 2.45) is 0 Å². The van der Waals surface area contributed by atoms with Crippen LogP contribution in [0.4, 0.5) is 0 Å². The van der Waals surface area contributed by atoms with Crippen molar-refractivity contribution in [2.45, 2.75) is 20.3 Å². The molecule has 0 saturated carbocycles. The Labute approximate surface area is 63.9 Å². The Kier molecular flexibility index (Phi) is 14.2. The monoisotopic (exact) mass is 149 g/mol. The van der Waals surface area contributed by atoms with Gasteiger partial charge in [0.2, 0.25) is 0 Å². The minimum absolute atomic E-state index is 0. The van der Waals surface area contributed by atoms with Crippen LogP contribution in [0.15, 0.2) is 12.2 Å². The lowest BCUT2D eigenvalue weighted by atomic mass is 10.4. The van der Waals surface area contributed by atoms with Crippen molar-refractivity contribution < 1.29 is 0 Å². The lowest BCUT2D eigenvalue weighted by Gasteiger charge is -1.93. The van der Waals surface area contributed by atoms with Gasteiger partial charge in [-0.1, -0.05) is 19.1 Å². The first-order chi connectivity index (χ1) is 3.91. The highest BCUT2D eigenvalue weighted by Crippen LogP contribution is 1.77. The van der Waals surface area contributed by atoms with Gasteiger partial charge in [0.15, 0.2) is 0 Å². The average molecular weight is 150 g/mol. The minimum atomic E-state index is 0. The fraction of sp³-hybridized carbons (Fsp3) is 0.714. The minimum Gasteiger partial charge on any atom is -0.317 e. The zero-order valence-electron chi connectivity index (χ0n) is 6.18. The van der Waals surface area contributed by atoms with Crippen LogP contribution in [0.1, 0.15) is 20.3 Å². The van der Waals surface area contributed by atoms with Crippen LogP contribution in [-0.2, 0) is 0 Å². The van der Waals surface area contributed by atoms with Gasteiger partial charge in [0.1, 0.15) is 0 Å². The van der Waals surface area contributed by atoms with Crippen LogP contribution in [-0.4, -0.2) is 13.1 Å². The van der Waals surface area contributed by atoms with Crippen molar-refractivity contribution in [1.29, 1.82) is 0 Å². The SMILES string of the molecule is CC=CCCNCC.Cl. The number of halogens is 1. The summed E-state index contributed by atoms with van der Waals surface area (Å²) in [5.74, 6) is 0. The molecule has 0 aliphatic heterocycles.